The Balaban J connectivity index is 0.00000225. The topological polar surface area (TPSA) is 75.4 Å². The Labute approximate surface area is 153 Å². The minimum atomic E-state index is -0.256. The monoisotopic (exact) mass is 359 g/mol. The first kappa shape index (κ1) is 18.8. The smallest absolute Gasteiger partial charge is 0.255 e. The number of rotatable bonds is 3. The lowest BCUT2D eigenvalue weighted by Gasteiger charge is -2.27. The van der Waals surface area contributed by atoms with E-state index in [4.69, 9.17) is 5.73 Å². The number of nitrogens with two attached hydrogens (primary N) is 1. The van der Waals surface area contributed by atoms with Gasteiger partial charge in [0.25, 0.3) is 11.8 Å². The molecule has 6 heteroatoms. The van der Waals surface area contributed by atoms with Gasteiger partial charge in [-0.1, -0.05) is 12.1 Å². The van der Waals surface area contributed by atoms with Gasteiger partial charge in [0, 0.05) is 24.3 Å². The molecule has 0 bridgehead atoms. The Morgan fingerprint density at radius 1 is 0.920 bits per heavy atom. The summed E-state index contributed by atoms with van der Waals surface area (Å²) in [6, 6.07) is 13.8. The fraction of sp³-hybridized carbons (Fsp3) is 0.263. The maximum absolute atomic E-state index is 12.7. The number of carbonyl (C=O) groups excluding carboxylic acids is 2. The van der Waals surface area contributed by atoms with Gasteiger partial charge in [0.1, 0.15) is 0 Å². The number of nitrogens with one attached hydrogen (secondary N) is 1. The molecule has 0 atom stereocenters. The van der Waals surface area contributed by atoms with Gasteiger partial charge in [-0.15, -0.1) is 12.4 Å². The lowest BCUT2D eigenvalue weighted by molar-refractivity contribution is 0.0725. The van der Waals surface area contributed by atoms with Gasteiger partial charge in [-0.3, -0.25) is 9.59 Å². The molecule has 25 heavy (non-hydrogen) atoms. The second-order valence-electron chi connectivity index (χ2n) is 5.97. The van der Waals surface area contributed by atoms with Gasteiger partial charge >= 0.3 is 0 Å². The second kappa shape index (κ2) is 8.53. The highest BCUT2D eigenvalue weighted by atomic mass is 35.5. The average molecular weight is 360 g/mol. The Hall–Kier alpha value is -2.53. The number of carbonyl (C=O) groups is 2. The second-order valence-corrected chi connectivity index (χ2v) is 5.97. The summed E-state index contributed by atoms with van der Waals surface area (Å²) >= 11 is 0. The number of piperidine rings is 1. The summed E-state index contributed by atoms with van der Waals surface area (Å²) in [5, 5.41) is 2.84. The summed E-state index contributed by atoms with van der Waals surface area (Å²) in [4.78, 5) is 27.0. The van der Waals surface area contributed by atoms with Crippen molar-refractivity contribution in [2.75, 3.05) is 24.1 Å². The zero-order chi connectivity index (χ0) is 16.9. The predicted molar refractivity (Wildman–Crippen MR) is 102 cm³/mol. The van der Waals surface area contributed by atoms with Crippen LogP contribution in [-0.2, 0) is 0 Å². The van der Waals surface area contributed by atoms with E-state index < -0.39 is 0 Å². The van der Waals surface area contributed by atoms with Crippen LogP contribution in [0.4, 0.5) is 11.4 Å². The van der Waals surface area contributed by atoms with Crippen molar-refractivity contribution in [1.29, 1.82) is 0 Å². The van der Waals surface area contributed by atoms with E-state index in [9.17, 15) is 9.59 Å². The predicted octanol–water partition coefficient (Wildman–Crippen LogP) is 3.57. The summed E-state index contributed by atoms with van der Waals surface area (Å²) in [6.07, 6.45) is 3.23. The van der Waals surface area contributed by atoms with E-state index in [0.717, 1.165) is 25.9 Å². The number of anilines is 2. The fourth-order valence-electron chi connectivity index (χ4n) is 2.87. The van der Waals surface area contributed by atoms with Crippen molar-refractivity contribution in [3.63, 3.8) is 0 Å². The van der Waals surface area contributed by atoms with Crippen LogP contribution in [0, 0.1) is 0 Å². The molecular weight excluding hydrogens is 338 g/mol. The van der Waals surface area contributed by atoms with Gasteiger partial charge in [-0.25, -0.2) is 0 Å². The molecule has 0 saturated carbocycles. The third kappa shape index (κ3) is 4.51. The number of likely N-dealkylation sites (tertiary alicyclic amines) is 1. The van der Waals surface area contributed by atoms with Gasteiger partial charge in [0.2, 0.25) is 0 Å². The van der Waals surface area contributed by atoms with Crippen molar-refractivity contribution in [3.8, 4) is 0 Å². The van der Waals surface area contributed by atoms with Crippen LogP contribution in [0.2, 0.25) is 0 Å². The maximum Gasteiger partial charge on any atom is 0.255 e. The Kier molecular flexibility index (Phi) is 6.42. The molecule has 0 radical (unpaired) electrons. The fourth-order valence-corrected chi connectivity index (χ4v) is 2.87. The Morgan fingerprint density at radius 2 is 1.56 bits per heavy atom. The van der Waals surface area contributed by atoms with Crippen molar-refractivity contribution in [2.24, 2.45) is 0 Å². The van der Waals surface area contributed by atoms with Gasteiger partial charge in [0.05, 0.1) is 11.3 Å². The quantitative estimate of drug-likeness (QED) is 0.822. The minimum absolute atomic E-state index is 0. The first-order valence-electron chi connectivity index (χ1n) is 8.20. The van der Waals surface area contributed by atoms with E-state index in [-0.39, 0.29) is 24.2 Å². The third-order valence-electron chi connectivity index (χ3n) is 4.22. The molecule has 2 aromatic carbocycles. The van der Waals surface area contributed by atoms with Crippen molar-refractivity contribution in [1.82, 2.24) is 4.90 Å². The molecule has 0 unspecified atom stereocenters. The van der Waals surface area contributed by atoms with Gasteiger partial charge in [-0.2, -0.15) is 0 Å². The summed E-state index contributed by atoms with van der Waals surface area (Å²) in [5.74, 6) is -0.281. The molecular formula is C19H22ClN3O2. The molecule has 0 aromatic heterocycles. The molecule has 1 aliphatic heterocycles. The van der Waals surface area contributed by atoms with E-state index in [0.29, 0.717) is 22.5 Å². The molecule has 3 N–H and O–H groups in total. The van der Waals surface area contributed by atoms with E-state index in [2.05, 4.69) is 5.32 Å². The molecule has 0 spiro atoms. The number of nitrogens with zero attached hydrogens (tertiary/aromatic N) is 1. The first-order chi connectivity index (χ1) is 11.6. The molecule has 5 nitrogen and oxygen atoms in total. The maximum atomic E-state index is 12.7. The molecule has 1 aliphatic rings. The summed E-state index contributed by atoms with van der Waals surface area (Å²) in [6.45, 7) is 1.55. The highest BCUT2D eigenvalue weighted by Gasteiger charge is 2.21. The minimum Gasteiger partial charge on any atom is -0.399 e. The van der Waals surface area contributed by atoms with Crippen LogP contribution in [0.1, 0.15) is 40.0 Å². The van der Waals surface area contributed by atoms with Gasteiger partial charge in [-0.05, 0) is 55.7 Å². The standard InChI is InChI=1S/C19H21N3O2.ClH/c20-15-10-8-14(9-11-15)18(23)21-17-7-3-2-6-16(17)19(24)22-12-4-1-5-13-22;/h2-3,6-11H,1,4-5,12-13,20H2,(H,21,23);1H. The number of hydrogen-bond donors (Lipinski definition) is 2. The van der Waals surface area contributed by atoms with Crippen LogP contribution in [0.25, 0.3) is 0 Å². The van der Waals surface area contributed by atoms with Gasteiger partial charge in [0.15, 0.2) is 0 Å². The average Bonchev–Trinajstić information content (AvgIpc) is 2.63. The number of para-hydroxylation sites is 1. The molecule has 3 rings (SSSR count). The lowest BCUT2D eigenvalue weighted by Crippen LogP contribution is -2.36. The highest BCUT2D eigenvalue weighted by molar-refractivity contribution is 6.09. The van der Waals surface area contributed by atoms with Crippen LogP contribution < -0.4 is 11.1 Å². The Morgan fingerprint density at radius 3 is 2.24 bits per heavy atom. The molecule has 0 aliphatic carbocycles. The van der Waals surface area contributed by atoms with Crippen LogP contribution in [0.5, 0.6) is 0 Å². The molecule has 132 valence electrons. The summed E-state index contributed by atoms with van der Waals surface area (Å²) in [7, 11) is 0. The number of halogens is 1. The molecule has 2 amide bonds. The van der Waals surface area contributed by atoms with Crippen LogP contribution in [0.15, 0.2) is 48.5 Å². The number of hydrogen-bond acceptors (Lipinski definition) is 3. The normalized spacial score (nSPS) is 13.7. The number of benzene rings is 2. The molecule has 1 heterocycles. The van der Waals surface area contributed by atoms with E-state index in [1.165, 1.54) is 6.42 Å². The number of nitrogen functional groups attached to an aromatic ring is 1. The van der Waals surface area contributed by atoms with Crippen molar-refractivity contribution in [2.45, 2.75) is 19.3 Å². The molecule has 1 saturated heterocycles. The van der Waals surface area contributed by atoms with Gasteiger partial charge < -0.3 is 16.0 Å². The molecule has 1 fully saturated rings. The SMILES string of the molecule is Cl.Nc1ccc(C(=O)Nc2ccccc2C(=O)N2CCCCC2)cc1. The highest BCUT2D eigenvalue weighted by Crippen LogP contribution is 2.21. The van der Waals surface area contributed by atoms with Crippen LogP contribution >= 0.6 is 12.4 Å². The van der Waals surface area contributed by atoms with E-state index in [1.54, 1.807) is 36.4 Å². The summed E-state index contributed by atoms with van der Waals surface area (Å²) in [5.41, 5.74) is 7.82. The van der Waals surface area contributed by atoms with Crippen molar-refractivity contribution in [3.05, 3.63) is 59.7 Å². The lowest BCUT2D eigenvalue weighted by atomic mass is 10.1. The zero-order valence-corrected chi connectivity index (χ0v) is 14.7. The zero-order valence-electron chi connectivity index (χ0n) is 13.9. The molecule has 2 aromatic rings. The largest absolute Gasteiger partial charge is 0.399 e. The number of amides is 2. The van der Waals surface area contributed by atoms with E-state index >= 15 is 0 Å². The van der Waals surface area contributed by atoms with E-state index in [1.807, 2.05) is 17.0 Å². The van der Waals surface area contributed by atoms with Crippen LogP contribution in [0.3, 0.4) is 0 Å². The van der Waals surface area contributed by atoms with Crippen molar-refractivity contribution < 1.29 is 9.59 Å². The third-order valence-corrected chi connectivity index (χ3v) is 4.22. The van der Waals surface area contributed by atoms with Crippen molar-refractivity contribution >= 4 is 35.6 Å². The first-order valence-corrected chi connectivity index (χ1v) is 8.20. The summed E-state index contributed by atoms with van der Waals surface area (Å²) < 4.78 is 0. The Bertz CT molecular complexity index is 741. The van der Waals surface area contributed by atoms with Crippen LogP contribution in [-0.4, -0.2) is 29.8 Å².